The van der Waals surface area contributed by atoms with Crippen molar-refractivity contribution < 1.29 is 5.11 Å². The molecule has 0 atom stereocenters. The van der Waals surface area contributed by atoms with E-state index in [1.807, 2.05) is 22.8 Å². The average Bonchev–Trinajstić information content (AvgIpc) is 2.78. The first-order valence-electron chi connectivity index (χ1n) is 6.48. The third kappa shape index (κ3) is 2.42. The number of benzene rings is 2. The third-order valence-electron chi connectivity index (χ3n) is 3.39. The molecule has 0 spiro atoms. The van der Waals surface area contributed by atoms with Crippen LogP contribution < -0.4 is 0 Å². The number of hydrogen-bond acceptors (Lipinski definition) is 2. The van der Waals surface area contributed by atoms with Crippen molar-refractivity contribution in [3.8, 4) is 0 Å². The van der Waals surface area contributed by atoms with Crippen molar-refractivity contribution in [2.45, 2.75) is 20.1 Å². The molecule has 0 unspecified atom stereocenters. The van der Waals surface area contributed by atoms with Gasteiger partial charge in [-0.25, -0.2) is 4.98 Å². The van der Waals surface area contributed by atoms with Gasteiger partial charge < -0.3 is 9.67 Å². The van der Waals surface area contributed by atoms with Gasteiger partial charge in [-0.05, 0) is 30.7 Å². The molecule has 0 aliphatic carbocycles. The number of aromatic nitrogens is 2. The summed E-state index contributed by atoms with van der Waals surface area (Å²) >= 11 is 5.99. The minimum atomic E-state index is -0.0852. The highest BCUT2D eigenvalue weighted by Crippen LogP contribution is 2.22. The largest absolute Gasteiger partial charge is 0.388 e. The average molecular weight is 287 g/mol. The van der Waals surface area contributed by atoms with Crippen LogP contribution in [0.1, 0.15) is 17.0 Å². The molecular formula is C16H15ClN2O. The predicted octanol–water partition coefficient (Wildman–Crippen LogP) is 3.54. The van der Waals surface area contributed by atoms with Crippen molar-refractivity contribution in [1.29, 1.82) is 0 Å². The molecule has 1 aromatic heterocycles. The number of aliphatic hydroxyl groups is 1. The van der Waals surface area contributed by atoms with Crippen molar-refractivity contribution in [2.24, 2.45) is 0 Å². The van der Waals surface area contributed by atoms with E-state index in [2.05, 4.69) is 36.2 Å². The fourth-order valence-electron chi connectivity index (χ4n) is 2.33. The maximum Gasteiger partial charge on any atom is 0.136 e. The maximum atomic E-state index is 9.49. The molecule has 0 aliphatic heterocycles. The zero-order chi connectivity index (χ0) is 14.1. The summed E-state index contributed by atoms with van der Waals surface area (Å²) in [6, 6.07) is 14.0. The fraction of sp³-hybridized carbons (Fsp3) is 0.188. The molecule has 1 N–H and O–H groups in total. The fourth-order valence-corrected chi connectivity index (χ4v) is 2.49. The molecule has 1 heterocycles. The third-order valence-corrected chi connectivity index (χ3v) is 3.63. The highest BCUT2D eigenvalue weighted by molar-refractivity contribution is 6.31. The maximum absolute atomic E-state index is 9.49. The molecule has 3 aromatic rings. The molecule has 0 fully saturated rings. The summed E-state index contributed by atoms with van der Waals surface area (Å²) in [5, 5.41) is 10.1. The summed E-state index contributed by atoms with van der Waals surface area (Å²) < 4.78 is 2.02. The Morgan fingerprint density at radius 2 is 1.90 bits per heavy atom. The van der Waals surface area contributed by atoms with Crippen LogP contribution in [0.2, 0.25) is 5.02 Å². The predicted molar refractivity (Wildman–Crippen MR) is 80.9 cm³/mol. The van der Waals surface area contributed by atoms with Gasteiger partial charge in [0.2, 0.25) is 0 Å². The van der Waals surface area contributed by atoms with Gasteiger partial charge in [0.05, 0.1) is 11.0 Å². The number of rotatable bonds is 3. The van der Waals surface area contributed by atoms with Gasteiger partial charge in [0, 0.05) is 11.6 Å². The van der Waals surface area contributed by atoms with Crippen molar-refractivity contribution >= 4 is 22.6 Å². The minimum absolute atomic E-state index is 0.0852. The van der Waals surface area contributed by atoms with Crippen LogP contribution in [0.3, 0.4) is 0 Å². The van der Waals surface area contributed by atoms with Crippen LogP contribution in [0.4, 0.5) is 0 Å². The van der Waals surface area contributed by atoms with Crippen LogP contribution in [0.5, 0.6) is 0 Å². The Labute approximate surface area is 122 Å². The molecule has 20 heavy (non-hydrogen) atoms. The van der Waals surface area contributed by atoms with Gasteiger partial charge in [-0.1, -0.05) is 41.4 Å². The lowest BCUT2D eigenvalue weighted by molar-refractivity contribution is 0.267. The van der Waals surface area contributed by atoms with Gasteiger partial charge in [0.1, 0.15) is 12.4 Å². The van der Waals surface area contributed by atoms with Crippen molar-refractivity contribution in [3.63, 3.8) is 0 Å². The molecule has 102 valence electrons. The lowest BCUT2D eigenvalue weighted by Gasteiger charge is -2.08. The van der Waals surface area contributed by atoms with E-state index in [9.17, 15) is 5.11 Å². The normalized spacial score (nSPS) is 11.2. The number of fused-ring (bicyclic) bond motifs is 1. The van der Waals surface area contributed by atoms with E-state index in [1.54, 1.807) is 0 Å². The van der Waals surface area contributed by atoms with Crippen LogP contribution in [0.15, 0.2) is 42.5 Å². The molecule has 0 radical (unpaired) electrons. The topological polar surface area (TPSA) is 38.0 Å². The van der Waals surface area contributed by atoms with Crippen LogP contribution in [0, 0.1) is 6.92 Å². The van der Waals surface area contributed by atoms with Gasteiger partial charge in [-0.15, -0.1) is 0 Å². The molecule has 0 saturated heterocycles. The molecule has 3 rings (SSSR count). The van der Waals surface area contributed by atoms with Gasteiger partial charge in [0.25, 0.3) is 0 Å². The van der Waals surface area contributed by atoms with E-state index in [4.69, 9.17) is 11.6 Å². The van der Waals surface area contributed by atoms with Crippen molar-refractivity contribution in [1.82, 2.24) is 9.55 Å². The van der Waals surface area contributed by atoms with Gasteiger partial charge >= 0.3 is 0 Å². The smallest absolute Gasteiger partial charge is 0.136 e. The Morgan fingerprint density at radius 3 is 2.60 bits per heavy atom. The van der Waals surface area contributed by atoms with Crippen LogP contribution in [-0.2, 0) is 13.2 Å². The zero-order valence-electron chi connectivity index (χ0n) is 11.2. The Hall–Kier alpha value is -1.84. The van der Waals surface area contributed by atoms with E-state index >= 15 is 0 Å². The summed E-state index contributed by atoms with van der Waals surface area (Å²) in [6.07, 6.45) is 0. The number of halogens is 1. The molecule has 3 nitrogen and oxygen atoms in total. The standard InChI is InChI=1S/C16H15ClN2O/c1-11-2-4-12(5-3-11)9-19-15-7-6-13(17)8-14(15)18-16(19)10-20/h2-8,20H,9-10H2,1H3. The van der Waals surface area contributed by atoms with E-state index in [0.717, 1.165) is 11.0 Å². The number of nitrogens with zero attached hydrogens (tertiary/aromatic N) is 2. The molecular weight excluding hydrogens is 272 g/mol. The van der Waals surface area contributed by atoms with Crippen molar-refractivity contribution in [2.75, 3.05) is 0 Å². The monoisotopic (exact) mass is 286 g/mol. The summed E-state index contributed by atoms with van der Waals surface area (Å²) in [5.74, 6) is 0.655. The zero-order valence-corrected chi connectivity index (χ0v) is 11.9. The Kier molecular flexibility index (Phi) is 3.47. The highest BCUT2D eigenvalue weighted by atomic mass is 35.5. The second-order valence-electron chi connectivity index (χ2n) is 4.89. The lowest BCUT2D eigenvalue weighted by atomic mass is 10.1. The van der Waals surface area contributed by atoms with Gasteiger partial charge in [-0.3, -0.25) is 0 Å². The van der Waals surface area contributed by atoms with Crippen LogP contribution >= 0.6 is 11.6 Å². The van der Waals surface area contributed by atoms with E-state index in [-0.39, 0.29) is 6.61 Å². The second-order valence-corrected chi connectivity index (χ2v) is 5.33. The molecule has 0 amide bonds. The number of hydrogen-bond donors (Lipinski definition) is 1. The number of aryl methyl sites for hydroxylation is 1. The molecule has 0 aliphatic rings. The highest BCUT2D eigenvalue weighted by Gasteiger charge is 2.10. The number of imidazole rings is 1. The summed E-state index contributed by atoms with van der Waals surface area (Å²) in [4.78, 5) is 4.43. The summed E-state index contributed by atoms with van der Waals surface area (Å²) in [7, 11) is 0. The van der Waals surface area contributed by atoms with Gasteiger partial charge in [0.15, 0.2) is 0 Å². The van der Waals surface area contributed by atoms with E-state index in [1.165, 1.54) is 11.1 Å². The Bertz CT molecular complexity index is 747. The van der Waals surface area contributed by atoms with Crippen LogP contribution in [0.25, 0.3) is 11.0 Å². The first-order chi connectivity index (χ1) is 9.67. The van der Waals surface area contributed by atoms with E-state index in [0.29, 0.717) is 17.4 Å². The molecule has 4 heteroatoms. The molecule has 2 aromatic carbocycles. The minimum Gasteiger partial charge on any atom is -0.388 e. The quantitative estimate of drug-likeness (QED) is 0.800. The SMILES string of the molecule is Cc1ccc(Cn2c(CO)nc3cc(Cl)ccc32)cc1. The second kappa shape index (κ2) is 5.27. The Balaban J connectivity index is 2.07. The van der Waals surface area contributed by atoms with E-state index < -0.39 is 0 Å². The summed E-state index contributed by atoms with van der Waals surface area (Å²) in [5.41, 5.74) is 4.21. The lowest BCUT2D eigenvalue weighted by Crippen LogP contribution is -2.05. The molecule has 0 bridgehead atoms. The first-order valence-corrected chi connectivity index (χ1v) is 6.86. The Morgan fingerprint density at radius 1 is 1.15 bits per heavy atom. The van der Waals surface area contributed by atoms with Gasteiger partial charge in [-0.2, -0.15) is 0 Å². The summed E-state index contributed by atoms with van der Waals surface area (Å²) in [6.45, 7) is 2.67. The molecule has 0 saturated carbocycles. The first kappa shape index (κ1) is 13.2. The van der Waals surface area contributed by atoms with Crippen molar-refractivity contribution in [3.05, 3.63) is 64.4 Å². The number of aliphatic hydroxyl groups excluding tert-OH is 1. The van der Waals surface area contributed by atoms with Crippen LogP contribution in [-0.4, -0.2) is 14.7 Å².